The largest absolute Gasteiger partial charge is 0.508 e. The number of carbonyl (C=O) groups is 2. The highest BCUT2D eigenvalue weighted by Crippen LogP contribution is 2.43. The molecular weight excluding hydrogens is 480 g/mol. The first-order valence-corrected chi connectivity index (χ1v) is 11.5. The Morgan fingerprint density at radius 1 is 1.26 bits per heavy atom. The number of esters is 1. The van der Waals surface area contributed by atoms with Crippen molar-refractivity contribution < 1.29 is 23.8 Å². The lowest BCUT2D eigenvalue weighted by atomic mass is 9.98. The summed E-state index contributed by atoms with van der Waals surface area (Å²) in [6.07, 6.45) is 0. The molecule has 5 rings (SSSR count). The van der Waals surface area contributed by atoms with Crippen molar-refractivity contribution in [1.29, 1.82) is 0 Å². The predicted molar refractivity (Wildman–Crippen MR) is 127 cm³/mol. The number of halogens is 1. The van der Waals surface area contributed by atoms with Crippen LogP contribution in [0.5, 0.6) is 5.75 Å². The Balaban J connectivity index is 1.76. The summed E-state index contributed by atoms with van der Waals surface area (Å²) < 4.78 is 11.0. The Kier molecular flexibility index (Phi) is 5.38. The minimum absolute atomic E-state index is 0.0332. The standard InChI is InChI=1S/C24H17ClN2O6S/c1-3-32-23(31)21-11(2)26-24(34-21)27-18(12-5-4-6-14(28)9-12)17-19(29)15-10-13(25)7-8-16(15)33-20(17)22(27)30/h4-10,18,28H,3H2,1-2H3. The number of aromatic hydroxyl groups is 1. The third-order valence-corrected chi connectivity index (χ3v) is 6.84. The van der Waals surface area contributed by atoms with Crippen LogP contribution in [0.1, 0.15) is 50.0 Å². The van der Waals surface area contributed by atoms with Gasteiger partial charge >= 0.3 is 5.97 Å². The first-order chi connectivity index (χ1) is 16.3. The highest BCUT2D eigenvalue weighted by atomic mass is 35.5. The van der Waals surface area contributed by atoms with Gasteiger partial charge in [-0.3, -0.25) is 14.5 Å². The van der Waals surface area contributed by atoms with Crippen LogP contribution in [0, 0.1) is 6.92 Å². The molecule has 10 heteroatoms. The normalized spacial score (nSPS) is 15.1. The molecule has 34 heavy (non-hydrogen) atoms. The van der Waals surface area contributed by atoms with Gasteiger partial charge in [0.25, 0.3) is 5.91 Å². The van der Waals surface area contributed by atoms with Crippen molar-refractivity contribution in [2.45, 2.75) is 19.9 Å². The van der Waals surface area contributed by atoms with Crippen molar-refractivity contribution in [3.05, 3.63) is 85.2 Å². The van der Waals surface area contributed by atoms with E-state index in [1.165, 1.54) is 29.2 Å². The number of fused-ring (bicyclic) bond motifs is 2. The van der Waals surface area contributed by atoms with Gasteiger partial charge in [0.2, 0.25) is 5.76 Å². The molecule has 4 aromatic rings. The number of aromatic nitrogens is 1. The smallest absolute Gasteiger partial charge is 0.350 e. The van der Waals surface area contributed by atoms with Crippen LogP contribution in [-0.2, 0) is 4.74 Å². The van der Waals surface area contributed by atoms with Crippen LogP contribution >= 0.6 is 22.9 Å². The molecule has 1 aliphatic rings. The lowest BCUT2D eigenvalue weighted by Crippen LogP contribution is -2.29. The van der Waals surface area contributed by atoms with E-state index in [1.807, 2.05) is 0 Å². The highest BCUT2D eigenvalue weighted by Gasteiger charge is 2.45. The minimum atomic E-state index is -0.935. The molecule has 172 valence electrons. The lowest BCUT2D eigenvalue weighted by Gasteiger charge is -2.22. The third-order valence-electron chi connectivity index (χ3n) is 5.47. The van der Waals surface area contributed by atoms with E-state index >= 15 is 0 Å². The summed E-state index contributed by atoms with van der Waals surface area (Å²) in [6, 6.07) is 9.91. The van der Waals surface area contributed by atoms with Crippen molar-refractivity contribution in [2.75, 3.05) is 11.5 Å². The quantitative estimate of drug-likeness (QED) is 0.402. The molecule has 8 nitrogen and oxygen atoms in total. The average molecular weight is 497 g/mol. The molecule has 1 amide bonds. The van der Waals surface area contributed by atoms with Crippen LogP contribution < -0.4 is 10.3 Å². The van der Waals surface area contributed by atoms with E-state index < -0.39 is 23.3 Å². The fraction of sp³-hybridized carbons (Fsp3) is 0.167. The van der Waals surface area contributed by atoms with E-state index in [-0.39, 0.29) is 44.7 Å². The maximum atomic E-state index is 13.6. The number of ether oxygens (including phenoxy) is 1. The second-order valence-corrected chi connectivity index (χ2v) is 9.03. The topological polar surface area (TPSA) is 110 Å². The van der Waals surface area contributed by atoms with Crippen LogP contribution in [0.4, 0.5) is 5.13 Å². The molecule has 0 aliphatic carbocycles. The molecule has 1 N–H and O–H groups in total. The number of amides is 1. The molecule has 0 saturated heterocycles. The van der Waals surface area contributed by atoms with Crippen molar-refractivity contribution in [3.8, 4) is 5.75 Å². The molecule has 1 atom stereocenters. The van der Waals surface area contributed by atoms with E-state index in [4.69, 9.17) is 20.8 Å². The zero-order valence-electron chi connectivity index (χ0n) is 18.0. The van der Waals surface area contributed by atoms with Crippen LogP contribution in [0.2, 0.25) is 5.02 Å². The SMILES string of the molecule is CCOC(=O)c1sc(N2C(=O)c3oc4ccc(Cl)cc4c(=O)c3C2c2cccc(O)c2)nc1C. The summed E-state index contributed by atoms with van der Waals surface area (Å²) in [5, 5.41) is 10.9. The Bertz CT molecular complexity index is 1540. The predicted octanol–water partition coefficient (Wildman–Crippen LogP) is 4.84. The molecule has 0 bridgehead atoms. The number of rotatable bonds is 4. The van der Waals surface area contributed by atoms with Gasteiger partial charge < -0.3 is 14.3 Å². The van der Waals surface area contributed by atoms with Gasteiger partial charge in [-0.05, 0) is 49.7 Å². The first-order valence-electron chi connectivity index (χ1n) is 10.3. The fourth-order valence-corrected chi connectivity index (χ4v) is 5.18. The Morgan fingerprint density at radius 2 is 2.06 bits per heavy atom. The zero-order valence-corrected chi connectivity index (χ0v) is 19.6. The van der Waals surface area contributed by atoms with Crippen LogP contribution in [0.3, 0.4) is 0 Å². The van der Waals surface area contributed by atoms with Crippen LogP contribution in [0.15, 0.2) is 51.7 Å². The Labute approximate surface area is 202 Å². The Morgan fingerprint density at radius 3 is 2.79 bits per heavy atom. The number of hydrogen-bond acceptors (Lipinski definition) is 8. The molecular formula is C24H17ClN2O6S. The van der Waals surface area contributed by atoms with Crippen molar-refractivity contribution >= 4 is 50.9 Å². The van der Waals surface area contributed by atoms with Crippen molar-refractivity contribution in [1.82, 2.24) is 4.98 Å². The monoisotopic (exact) mass is 496 g/mol. The molecule has 0 fully saturated rings. The second-order valence-electron chi connectivity index (χ2n) is 7.62. The van der Waals surface area contributed by atoms with E-state index in [1.54, 1.807) is 32.0 Å². The van der Waals surface area contributed by atoms with Gasteiger partial charge in [0.1, 0.15) is 16.2 Å². The van der Waals surface area contributed by atoms with Crippen LogP contribution in [0.25, 0.3) is 11.0 Å². The summed E-state index contributed by atoms with van der Waals surface area (Å²) in [5.41, 5.74) is 0.790. The van der Waals surface area contributed by atoms with E-state index in [2.05, 4.69) is 4.98 Å². The number of phenolic OH excluding ortho intramolecular Hbond substituents is 1. The maximum Gasteiger partial charge on any atom is 0.350 e. The van der Waals surface area contributed by atoms with Crippen molar-refractivity contribution in [2.24, 2.45) is 0 Å². The van der Waals surface area contributed by atoms with Gasteiger partial charge in [-0.1, -0.05) is 35.1 Å². The number of nitrogens with zero attached hydrogens (tertiary/aromatic N) is 2. The van der Waals surface area contributed by atoms with E-state index in [9.17, 15) is 19.5 Å². The fourth-order valence-electron chi connectivity index (χ4n) is 4.02. The summed E-state index contributed by atoms with van der Waals surface area (Å²) in [6.45, 7) is 3.53. The van der Waals surface area contributed by atoms with Gasteiger partial charge in [-0.2, -0.15) is 0 Å². The number of benzene rings is 2. The second kappa shape index (κ2) is 8.27. The van der Waals surface area contributed by atoms with Gasteiger partial charge in [-0.15, -0.1) is 0 Å². The van der Waals surface area contributed by atoms with Gasteiger partial charge in [0.05, 0.1) is 29.3 Å². The number of carbonyl (C=O) groups excluding carboxylic acids is 2. The van der Waals surface area contributed by atoms with Gasteiger partial charge in [0, 0.05) is 5.02 Å². The van der Waals surface area contributed by atoms with Crippen molar-refractivity contribution in [3.63, 3.8) is 0 Å². The highest BCUT2D eigenvalue weighted by molar-refractivity contribution is 7.17. The summed E-state index contributed by atoms with van der Waals surface area (Å²) in [5.74, 6) is -1.29. The number of anilines is 1. The molecule has 3 heterocycles. The first kappa shape index (κ1) is 22.1. The maximum absolute atomic E-state index is 13.6. The Hall–Kier alpha value is -3.69. The number of aryl methyl sites for hydroxylation is 1. The molecule has 0 radical (unpaired) electrons. The molecule has 2 aromatic carbocycles. The summed E-state index contributed by atoms with van der Waals surface area (Å²) >= 11 is 7.09. The molecule has 1 unspecified atom stereocenters. The molecule has 2 aromatic heterocycles. The summed E-state index contributed by atoms with van der Waals surface area (Å²) in [4.78, 5) is 45.5. The molecule has 0 spiro atoms. The lowest BCUT2D eigenvalue weighted by molar-refractivity contribution is 0.0531. The van der Waals surface area contributed by atoms with Gasteiger partial charge in [-0.25, -0.2) is 9.78 Å². The zero-order chi connectivity index (χ0) is 24.1. The van der Waals surface area contributed by atoms with Gasteiger partial charge in [0.15, 0.2) is 10.6 Å². The van der Waals surface area contributed by atoms with E-state index in [0.717, 1.165) is 11.3 Å². The number of phenols is 1. The minimum Gasteiger partial charge on any atom is -0.508 e. The van der Waals surface area contributed by atoms with Crippen LogP contribution in [-0.4, -0.2) is 28.6 Å². The molecule has 0 saturated carbocycles. The average Bonchev–Trinajstić information content (AvgIpc) is 3.32. The number of hydrogen-bond donors (Lipinski definition) is 1. The molecule has 1 aliphatic heterocycles. The number of thiazole rings is 1. The van der Waals surface area contributed by atoms with E-state index in [0.29, 0.717) is 16.3 Å². The summed E-state index contributed by atoms with van der Waals surface area (Å²) in [7, 11) is 0. The third kappa shape index (κ3) is 3.44.